The van der Waals surface area contributed by atoms with Crippen LogP contribution in [0, 0.1) is 16.0 Å². The zero-order valence-electron chi connectivity index (χ0n) is 14.4. The molecule has 1 aromatic rings. The lowest BCUT2D eigenvalue weighted by atomic mass is 9.99. The summed E-state index contributed by atoms with van der Waals surface area (Å²) in [7, 11) is 0. The molecule has 3 rings (SSSR count). The Morgan fingerprint density at radius 2 is 2.12 bits per heavy atom. The van der Waals surface area contributed by atoms with E-state index in [0.29, 0.717) is 24.7 Å². The molecule has 0 aromatic carbocycles. The third kappa shape index (κ3) is 5.43. The molecule has 1 aliphatic carbocycles. The van der Waals surface area contributed by atoms with Gasteiger partial charge in [-0.15, -0.1) is 24.8 Å². The van der Waals surface area contributed by atoms with Crippen molar-refractivity contribution in [2.24, 2.45) is 11.7 Å². The van der Waals surface area contributed by atoms with Gasteiger partial charge >= 0.3 is 0 Å². The van der Waals surface area contributed by atoms with Gasteiger partial charge in [-0.2, -0.15) is 0 Å². The predicted molar refractivity (Wildman–Crippen MR) is 104 cm³/mol. The van der Waals surface area contributed by atoms with Crippen LogP contribution >= 0.6 is 24.8 Å². The molecule has 0 spiro atoms. The maximum Gasteiger partial charge on any atom is 0.287 e. The summed E-state index contributed by atoms with van der Waals surface area (Å²) in [5.74, 6) is 1.09. The molecule has 1 saturated heterocycles. The molecule has 8 nitrogen and oxygen atoms in total. The van der Waals surface area contributed by atoms with E-state index in [0.717, 1.165) is 32.2 Å². The summed E-state index contributed by atoms with van der Waals surface area (Å²) < 4.78 is 0. The highest BCUT2D eigenvalue weighted by molar-refractivity contribution is 5.85. The van der Waals surface area contributed by atoms with Gasteiger partial charge in [0.05, 0.1) is 4.92 Å². The number of hydrogen-bond acceptors (Lipinski definition) is 6. The molecule has 2 heterocycles. The van der Waals surface area contributed by atoms with Crippen LogP contribution in [0.2, 0.25) is 0 Å². The minimum Gasteiger partial charge on any atom is -0.365 e. The standard InChI is InChI=1S/C16H23N5O3.2ClH/c17-14-3-1-2-11(14)8-16(22)20-7-6-12(10-20)19-15-5-4-13(9-18-15)21(23)24;;/h4-5,9,11-12,14H,1-3,6-8,10,17H2,(H,18,19);2*1H/t11-,12?,14+;;/m0../s1. The van der Waals surface area contributed by atoms with E-state index in [-0.39, 0.29) is 48.5 Å². The lowest BCUT2D eigenvalue weighted by Crippen LogP contribution is -2.35. The number of likely N-dealkylation sites (tertiary alicyclic amines) is 1. The Morgan fingerprint density at radius 3 is 2.69 bits per heavy atom. The Labute approximate surface area is 164 Å². The molecule has 1 unspecified atom stereocenters. The lowest BCUT2D eigenvalue weighted by molar-refractivity contribution is -0.385. The number of nitro groups is 1. The Balaban J connectivity index is 0.00000169. The number of carbonyl (C=O) groups is 1. The molecule has 1 aliphatic heterocycles. The second-order valence-electron chi connectivity index (χ2n) is 6.69. The first-order chi connectivity index (χ1) is 11.5. The fraction of sp³-hybridized carbons (Fsp3) is 0.625. The third-order valence-electron chi connectivity index (χ3n) is 5.01. The Kier molecular flexibility index (Phi) is 8.52. The number of anilines is 1. The maximum atomic E-state index is 12.4. The van der Waals surface area contributed by atoms with E-state index in [1.807, 2.05) is 4.90 Å². The van der Waals surface area contributed by atoms with Gasteiger partial charge in [0, 0.05) is 37.7 Å². The van der Waals surface area contributed by atoms with Crippen LogP contribution in [0.5, 0.6) is 0 Å². The monoisotopic (exact) mass is 405 g/mol. The summed E-state index contributed by atoms with van der Waals surface area (Å²) >= 11 is 0. The molecule has 10 heteroatoms. The quantitative estimate of drug-likeness (QED) is 0.573. The van der Waals surface area contributed by atoms with Crippen LogP contribution in [0.3, 0.4) is 0 Å². The molecule has 1 aromatic heterocycles. The normalized spacial score (nSPS) is 24.5. The number of amides is 1. The van der Waals surface area contributed by atoms with Crippen molar-refractivity contribution in [3.63, 3.8) is 0 Å². The van der Waals surface area contributed by atoms with Crippen LogP contribution in [0.4, 0.5) is 11.5 Å². The van der Waals surface area contributed by atoms with Gasteiger partial charge < -0.3 is 16.0 Å². The number of nitrogens with two attached hydrogens (primary N) is 1. The molecular weight excluding hydrogens is 381 g/mol. The number of nitrogens with one attached hydrogen (secondary N) is 1. The van der Waals surface area contributed by atoms with E-state index in [2.05, 4.69) is 10.3 Å². The van der Waals surface area contributed by atoms with Crippen LogP contribution in [0.1, 0.15) is 32.1 Å². The number of nitrogens with zero attached hydrogens (tertiary/aromatic N) is 3. The fourth-order valence-electron chi connectivity index (χ4n) is 3.57. The van der Waals surface area contributed by atoms with Gasteiger partial charge in [0.15, 0.2) is 0 Å². The molecule has 2 aliphatic rings. The molecule has 1 saturated carbocycles. The number of pyridine rings is 1. The van der Waals surface area contributed by atoms with Gasteiger partial charge in [-0.25, -0.2) is 4.98 Å². The van der Waals surface area contributed by atoms with Crippen LogP contribution in [-0.2, 0) is 4.79 Å². The van der Waals surface area contributed by atoms with E-state index in [4.69, 9.17) is 5.73 Å². The predicted octanol–water partition coefficient (Wildman–Crippen LogP) is 2.36. The smallest absolute Gasteiger partial charge is 0.287 e. The zero-order chi connectivity index (χ0) is 17.1. The molecule has 146 valence electrons. The molecule has 0 bridgehead atoms. The number of carbonyl (C=O) groups excluding carboxylic acids is 1. The highest BCUT2D eigenvalue weighted by Gasteiger charge is 2.31. The molecule has 3 atom stereocenters. The summed E-state index contributed by atoms with van der Waals surface area (Å²) in [5.41, 5.74) is 6.02. The van der Waals surface area contributed by atoms with Crippen LogP contribution in [-0.4, -0.2) is 45.9 Å². The van der Waals surface area contributed by atoms with Gasteiger partial charge in [-0.05, 0) is 31.2 Å². The second kappa shape index (κ2) is 9.89. The van der Waals surface area contributed by atoms with Crippen molar-refractivity contribution >= 4 is 42.2 Å². The Hall–Kier alpha value is -1.64. The molecule has 0 radical (unpaired) electrons. The maximum absolute atomic E-state index is 12.4. The van der Waals surface area contributed by atoms with E-state index in [1.165, 1.54) is 12.3 Å². The number of hydrogen-bond donors (Lipinski definition) is 2. The first-order valence-electron chi connectivity index (χ1n) is 8.43. The summed E-state index contributed by atoms with van der Waals surface area (Å²) in [6.07, 6.45) is 5.82. The zero-order valence-corrected chi connectivity index (χ0v) is 16.0. The van der Waals surface area contributed by atoms with E-state index in [1.54, 1.807) is 6.07 Å². The summed E-state index contributed by atoms with van der Waals surface area (Å²) in [6, 6.07) is 3.31. The fourth-order valence-corrected chi connectivity index (χ4v) is 3.57. The van der Waals surface area contributed by atoms with Gasteiger partial charge in [0.1, 0.15) is 12.0 Å². The molecule has 3 N–H and O–H groups in total. The van der Waals surface area contributed by atoms with E-state index >= 15 is 0 Å². The summed E-state index contributed by atoms with van der Waals surface area (Å²) in [6.45, 7) is 1.37. The van der Waals surface area contributed by atoms with Crippen molar-refractivity contribution in [1.82, 2.24) is 9.88 Å². The molecule has 1 amide bonds. The third-order valence-corrected chi connectivity index (χ3v) is 5.01. The first-order valence-corrected chi connectivity index (χ1v) is 8.43. The molecule has 26 heavy (non-hydrogen) atoms. The van der Waals surface area contributed by atoms with E-state index < -0.39 is 4.92 Å². The van der Waals surface area contributed by atoms with Crippen molar-refractivity contribution in [2.45, 2.75) is 44.2 Å². The van der Waals surface area contributed by atoms with Crippen molar-refractivity contribution in [1.29, 1.82) is 0 Å². The van der Waals surface area contributed by atoms with Gasteiger partial charge in [-0.3, -0.25) is 14.9 Å². The number of rotatable bonds is 5. The first kappa shape index (κ1) is 22.4. The largest absolute Gasteiger partial charge is 0.365 e. The average molecular weight is 406 g/mol. The highest BCUT2D eigenvalue weighted by Crippen LogP contribution is 2.28. The van der Waals surface area contributed by atoms with E-state index in [9.17, 15) is 14.9 Å². The number of aromatic nitrogens is 1. The van der Waals surface area contributed by atoms with Gasteiger partial charge in [0.25, 0.3) is 5.69 Å². The SMILES string of the molecule is Cl.Cl.N[C@@H]1CCC[C@H]1CC(=O)N1CCC(Nc2ccc([N+](=O)[O-])cn2)C1. The second-order valence-corrected chi connectivity index (χ2v) is 6.69. The summed E-state index contributed by atoms with van der Waals surface area (Å²) in [4.78, 5) is 28.5. The van der Waals surface area contributed by atoms with Crippen molar-refractivity contribution in [3.8, 4) is 0 Å². The van der Waals surface area contributed by atoms with Crippen molar-refractivity contribution < 1.29 is 9.72 Å². The minimum absolute atomic E-state index is 0. The Bertz CT molecular complexity index is 616. The summed E-state index contributed by atoms with van der Waals surface area (Å²) in [5, 5.41) is 13.9. The van der Waals surface area contributed by atoms with Crippen molar-refractivity contribution in [2.75, 3.05) is 18.4 Å². The van der Waals surface area contributed by atoms with Gasteiger partial charge in [-0.1, -0.05) is 6.42 Å². The lowest BCUT2D eigenvalue weighted by Gasteiger charge is -2.21. The highest BCUT2D eigenvalue weighted by atomic mass is 35.5. The van der Waals surface area contributed by atoms with Crippen molar-refractivity contribution in [3.05, 3.63) is 28.4 Å². The minimum atomic E-state index is -0.472. The average Bonchev–Trinajstić information content (AvgIpc) is 3.18. The van der Waals surface area contributed by atoms with Crippen LogP contribution < -0.4 is 11.1 Å². The van der Waals surface area contributed by atoms with Crippen LogP contribution in [0.25, 0.3) is 0 Å². The van der Waals surface area contributed by atoms with Gasteiger partial charge in [0.2, 0.25) is 5.91 Å². The molecule has 2 fully saturated rings. The topological polar surface area (TPSA) is 114 Å². The van der Waals surface area contributed by atoms with Crippen LogP contribution in [0.15, 0.2) is 18.3 Å². The molecular formula is C16H25Cl2N5O3. The number of halogens is 2. The Morgan fingerprint density at radius 1 is 1.35 bits per heavy atom.